The van der Waals surface area contributed by atoms with Gasteiger partial charge in [-0.1, -0.05) is 24.3 Å². The topological polar surface area (TPSA) is 91.0 Å². The Hall–Kier alpha value is -2.73. The summed E-state index contributed by atoms with van der Waals surface area (Å²) in [6.45, 7) is 2.06. The van der Waals surface area contributed by atoms with Gasteiger partial charge in [-0.05, 0) is 24.5 Å². The third kappa shape index (κ3) is 4.42. The summed E-state index contributed by atoms with van der Waals surface area (Å²) in [6.07, 6.45) is 0.392. The van der Waals surface area contributed by atoms with Crippen molar-refractivity contribution in [2.24, 2.45) is 5.73 Å². The Morgan fingerprint density at radius 2 is 1.68 bits per heavy atom. The van der Waals surface area contributed by atoms with Crippen LogP contribution in [0.1, 0.15) is 12.5 Å². The van der Waals surface area contributed by atoms with Crippen LogP contribution in [0.4, 0.5) is 0 Å². The number of hydrogen-bond donors (Lipinski definition) is 2. The summed E-state index contributed by atoms with van der Waals surface area (Å²) in [5.41, 5.74) is 8.37. The van der Waals surface area contributed by atoms with Gasteiger partial charge >= 0.3 is 5.97 Å². The fourth-order valence-electron chi connectivity index (χ4n) is 2.58. The molecule has 2 aromatic rings. The maximum atomic E-state index is 11.6. The number of nitrogens with two attached hydrogens (primary N) is 1. The predicted octanol–water partition coefficient (Wildman–Crippen LogP) is 2.51. The van der Waals surface area contributed by atoms with Gasteiger partial charge in [0.25, 0.3) is 0 Å². The lowest BCUT2D eigenvalue weighted by Crippen LogP contribution is -2.34. The first kappa shape index (κ1) is 18.6. The minimum absolute atomic E-state index is 0.0643. The molecule has 0 fully saturated rings. The number of methoxy groups -OCH3 is 2. The molecule has 6 nitrogen and oxygen atoms in total. The molecule has 134 valence electrons. The third-order valence-corrected chi connectivity index (χ3v) is 3.78. The number of rotatable bonds is 7. The van der Waals surface area contributed by atoms with E-state index >= 15 is 0 Å². The zero-order valence-electron chi connectivity index (χ0n) is 14.6. The van der Waals surface area contributed by atoms with Gasteiger partial charge in [-0.3, -0.25) is 4.79 Å². The minimum Gasteiger partial charge on any atom is -0.508 e. The van der Waals surface area contributed by atoms with E-state index in [0.717, 1.165) is 16.7 Å². The molecule has 0 saturated heterocycles. The molecule has 0 aromatic heterocycles. The Labute approximate surface area is 147 Å². The molecule has 0 bridgehead atoms. The van der Waals surface area contributed by atoms with E-state index in [4.69, 9.17) is 19.9 Å². The molecule has 2 aromatic carbocycles. The highest BCUT2D eigenvalue weighted by atomic mass is 16.5. The lowest BCUT2D eigenvalue weighted by molar-refractivity contribution is -0.144. The van der Waals surface area contributed by atoms with E-state index in [9.17, 15) is 9.90 Å². The maximum Gasteiger partial charge on any atom is 0.323 e. The number of phenolic OH excluding ortho intramolecular Hbond substituents is 1. The highest BCUT2D eigenvalue weighted by molar-refractivity contribution is 5.79. The van der Waals surface area contributed by atoms with E-state index in [2.05, 4.69) is 0 Å². The fraction of sp³-hybridized carbons (Fsp3) is 0.316. The summed E-state index contributed by atoms with van der Waals surface area (Å²) in [7, 11) is 3.06. The molecule has 6 heteroatoms. The van der Waals surface area contributed by atoms with Crippen molar-refractivity contribution in [1.82, 2.24) is 0 Å². The zero-order valence-corrected chi connectivity index (χ0v) is 14.6. The van der Waals surface area contributed by atoms with E-state index in [0.29, 0.717) is 24.5 Å². The quantitative estimate of drug-likeness (QED) is 0.749. The zero-order chi connectivity index (χ0) is 18.4. The van der Waals surface area contributed by atoms with Crippen molar-refractivity contribution in [3.05, 3.63) is 42.0 Å². The van der Waals surface area contributed by atoms with Gasteiger partial charge in [-0.2, -0.15) is 0 Å². The average molecular weight is 345 g/mol. The summed E-state index contributed by atoms with van der Waals surface area (Å²) < 4.78 is 15.6. The van der Waals surface area contributed by atoms with Gasteiger partial charge in [0.15, 0.2) is 0 Å². The van der Waals surface area contributed by atoms with Crippen LogP contribution < -0.4 is 15.2 Å². The van der Waals surface area contributed by atoms with Crippen LogP contribution in [-0.2, 0) is 16.0 Å². The second kappa shape index (κ2) is 8.39. The van der Waals surface area contributed by atoms with E-state index in [-0.39, 0.29) is 5.75 Å². The molecule has 0 radical (unpaired) electrons. The van der Waals surface area contributed by atoms with Crippen molar-refractivity contribution in [1.29, 1.82) is 0 Å². The van der Waals surface area contributed by atoms with E-state index < -0.39 is 12.0 Å². The SMILES string of the molecule is CCOC(=O)[C@@H](N)Cc1ccc(-c2c(OC)cc(O)cc2OC)cc1. The van der Waals surface area contributed by atoms with Crippen molar-refractivity contribution >= 4 is 5.97 Å². The van der Waals surface area contributed by atoms with Gasteiger partial charge in [-0.25, -0.2) is 0 Å². The number of hydrogen-bond acceptors (Lipinski definition) is 6. The van der Waals surface area contributed by atoms with Crippen LogP contribution in [0, 0.1) is 0 Å². The monoisotopic (exact) mass is 345 g/mol. The number of esters is 1. The van der Waals surface area contributed by atoms with Crippen LogP contribution in [0.3, 0.4) is 0 Å². The molecule has 0 unspecified atom stereocenters. The van der Waals surface area contributed by atoms with Crippen LogP contribution in [0.15, 0.2) is 36.4 Å². The van der Waals surface area contributed by atoms with Crippen LogP contribution in [-0.4, -0.2) is 37.9 Å². The van der Waals surface area contributed by atoms with Gasteiger partial charge in [0.2, 0.25) is 0 Å². The first-order valence-electron chi connectivity index (χ1n) is 7.96. The largest absolute Gasteiger partial charge is 0.508 e. The van der Waals surface area contributed by atoms with Crippen molar-refractivity contribution in [2.75, 3.05) is 20.8 Å². The smallest absolute Gasteiger partial charge is 0.323 e. The second-order valence-corrected chi connectivity index (χ2v) is 5.48. The molecule has 3 N–H and O–H groups in total. The number of benzene rings is 2. The lowest BCUT2D eigenvalue weighted by Gasteiger charge is -2.15. The van der Waals surface area contributed by atoms with Crippen LogP contribution in [0.5, 0.6) is 17.2 Å². The molecule has 0 amide bonds. The number of aromatic hydroxyl groups is 1. The molecule has 0 heterocycles. The Morgan fingerprint density at radius 3 is 2.16 bits per heavy atom. The molecule has 1 atom stereocenters. The molecular formula is C19H23NO5. The van der Waals surface area contributed by atoms with Crippen molar-refractivity contribution in [3.63, 3.8) is 0 Å². The predicted molar refractivity (Wildman–Crippen MR) is 95.0 cm³/mol. The van der Waals surface area contributed by atoms with Gasteiger partial charge in [0.05, 0.1) is 26.4 Å². The molecule has 25 heavy (non-hydrogen) atoms. The van der Waals surface area contributed by atoms with Gasteiger partial charge in [0.1, 0.15) is 23.3 Å². The van der Waals surface area contributed by atoms with Crippen molar-refractivity contribution in [3.8, 4) is 28.4 Å². The van der Waals surface area contributed by atoms with Gasteiger partial charge in [-0.15, -0.1) is 0 Å². The fourth-order valence-corrected chi connectivity index (χ4v) is 2.58. The Morgan fingerprint density at radius 1 is 1.12 bits per heavy atom. The summed E-state index contributed by atoms with van der Waals surface area (Å²) in [4.78, 5) is 11.6. The number of carbonyl (C=O) groups is 1. The first-order valence-corrected chi connectivity index (χ1v) is 7.96. The molecule has 2 rings (SSSR count). The Kier molecular flexibility index (Phi) is 6.25. The van der Waals surface area contributed by atoms with E-state index in [1.165, 1.54) is 26.4 Å². The molecule has 0 spiro atoms. The summed E-state index contributed by atoms with van der Waals surface area (Å²) >= 11 is 0. The average Bonchev–Trinajstić information content (AvgIpc) is 2.61. The van der Waals surface area contributed by atoms with E-state index in [1.807, 2.05) is 24.3 Å². The van der Waals surface area contributed by atoms with Crippen LogP contribution >= 0.6 is 0 Å². The summed E-state index contributed by atoms with van der Waals surface area (Å²) in [6, 6.07) is 9.93. The third-order valence-electron chi connectivity index (χ3n) is 3.78. The minimum atomic E-state index is -0.691. The number of carbonyl (C=O) groups excluding carboxylic acids is 1. The summed E-state index contributed by atoms with van der Waals surface area (Å²) in [5, 5.41) is 9.75. The Bertz CT molecular complexity index is 702. The number of ether oxygens (including phenoxy) is 3. The second-order valence-electron chi connectivity index (χ2n) is 5.48. The van der Waals surface area contributed by atoms with Crippen LogP contribution in [0.25, 0.3) is 11.1 Å². The standard InChI is InChI=1S/C19H23NO5/c1-4-25-19(22)15(20)9-12-5-7-13(8-6-12)18-16(23-2)10-14(21)11-17(18)24-3/h5-8,10-11,15,21H,4,9,20H2,1-3H3/t15-/m0/s1. The molecule has 0 aliphatic rings. The first-order chi connectivity index (χ1) is 12.0. The molecule has 0 saturated carbocycles. The molecule has 0 aliphatic carbocycles. The van der Waals surface area contributed by atoms with E-state index in [1.54, 1.807) is 6.92 Å². The normalized spacial score (nSPS) is 11.7. The number of phenols is 1. The van der Waals surface area contributed by atoms with Gasteiger partial charge < -0.3 is 25.1 Å². The maximum absolute atomic E-state index is 11.6. The molecule has 0 aliphatic heterocycles. The lowest BCUT2D eigenvalue weighted by atomic mass is 9.99. The van der Waals surface area contributed by atoms with Crippen molar-refractivity contribution < 1.29 is 24.1 Å². The Balaban J connectivity index is 2.27. The van der Waals surface area contributed by atoms with Crippen LogP contribution in [0.2, 0.25) is 0 Å². The highest BCUT2D eigenvalue weighted by Gasteiger charge is 2.17. The highest BCUT2D eigenvalue weighted by Crippen LogP contribution is 2.41. The van der Waals surface area contributed by atoms with Crippen molar-refractivity contribution in [2.45, 2.75) is 19.4 Å². The molecular weight excluding hydrogens is 322 g/mol. The summed E-state index contributed by atoms with van der Waals surface area (Å²) in [5.74, 6) is 0.670. The van der Waals surface area contributed by atoms with Gasteiger partial charge in [0, 0.05) is 12.1 Å².